The van der Waals surface area contributed by atoms with Gasteiger partial charge in [-0.05, 0) is 49.3 Å². The maximum Gasteiger partial charge on any atom is 0.276 e. The van der Waals surface area contributed by atoms with Gasteiger partial charge in [0.15, 0.2) is 11.7 Å². The molecule has 0 unspecified atom stereocenters. The molecule has 8 heteroatoms. The van der Waals surface area contributed by atoms with Crippen LogP contribution in [0, 0.1) is 6.92 Å². The molecule has 0 heterocycles. The van der Waals surface area contributed by atoms with Crippen LogP contribution in [0.15, 0.2) is 22.7 Å². The van der Waals surface area contributed by atoms with Gasteiger partial charge in [0.2, 0.25) is 5.91 Å². The predicted molar refractivity (Wildman–Crippen MR) is 110 cm³/mol. The van der Waals surface area contributed by atoms with E-state index in [1.807, 2.05) is 19.1 Å². The van der Waals surface area contributed by atoms with E-state index >= 15 is 0 Å². The average molecular weight is 444 g/mol. The number of rotatable bonds is 9. The third-order valence-corrected chi connectivity index (χ3v) is 4.27. The number of ether oxygens (including phenoxy) is 1. The lowest BCUT2D eigenvalue weighted by molar-refractivity contribution is -0.124. The van der Waals surface area contributed by atoms with Crippen LogP contribution in [0.25, 0.3) is 0 Å². The van der Waals surface area contributed by atoms with E-state index in [-0.39, 0.29) is 17.6 Å². The fourth-order valence-corrected chi connectivity index (χ4v) is 2.83. The van der Waals surface area contributed by atoms with Gasteiger partial charge in [-0.2, -0.15) is 0 Å². The summed E-state index contributed by atoms with van der Waals surface area (Å²) in [4.78, 5) is 23.5. The number of amides is 2. The van der Waals surface area contributed by atoms with E-state index in [9.17, 15) is 9.59 Å². The SMILES string of the molecule is CCCCCCCC(=O)NC(=S)NNC(=O)COc1ccc(Br)cc1C. The Kier molecular flexibility index (Phi) is 10.9. The molecular weight excluding hydrogens is 418 g/mol. The van der Waals surface area contributed by atoms with E-state index in [2.05, 4.69) is 39.0 Å². The van der Waals surface area contributed by atoms with Crippen molar-refractivity contribution in [3.05, 3.63) is 28.2 Å². The molecule has 0 spiro atoms. The highest BCUT2D eigenvalue weighted by Gasteiger charge is 2.08. The largest absolute Gasteiger partial charge is 0.483 e. The molecule has 0 aromatic heterocycles. The van der Waals surface area contributed by atoms with E-state index < -0.39 is 5.91 Å². The third kappa shape index (κ3) is 9.72. The molecule has 144 valence electrons. The van der Waals surface area contributed by atoms with Gasteiger partial charge in [-0.15, -0.1) is 0 Å². The van der Waals surface area contributed by atoms with Crippen molar-refractivity contribution in [3.63, 3.8) is 0 Å². The van der Waals surface area contributed by atoms with E-state index in [0.717, 1.165) is 29.3 Å². The fraction of sp³-hybridized carbons (Fsp3) is 0.500. The van der Waals surface area contributed by atoms with Crippen LogP contribution in [0.2, 0.25) is 0 Å². The molecule has 0 radical (unpaired) electrons. The van der Waals surface area contributed by atoms with Gasteiger partial charge >= 0.3 is 0 Å². The number of carbonyl (C=O) groups is 2. The molecule has 1 aromatic rings. The molecule has 0 aliphatic heterocycles. The predicted octanol–water partition coefficient (Wildman–Crippen LogP) is 3.52. The van der Waals surface area contributed by atoms with Crippen LogP contribution in [-0.2, 0) is 9.59 Å². The summed E-state index contributed by atoms with van der Waals surface area (Å²) in [6.45, 7) is 3.88. The van der Waals surface area contributed by atoms with E-state index in [0.29, 0.717) is 12.2 Å². The second-order valence-corrected chi connectivity index (χ2v) is 7.24. The average Bonchev–Trinajstić information content (AvgIpc) is 2.59. The van der Waals surface area contributed by atoms with Gasteiger partial charge in [0.25, 0.3) is 5.91 Å². The third-order valence-electron chi connectivity index (χ3n) is 3.57. The lowest BCUT2D eigenvalue weighted by atomic mass is 10.1. The topological polar surface area (TPSA) is 79.5 Å². The molecule has 0 fully saturated rings. The molecule has 2 amide bonds. The molecule has 0 saturated carbocycles. The minimum absolute atomic E-state index is 0.0664. The van der Waals surface area contributed by atoms with Crippen molar-refractivity contribution in [2.75, 3.05) is 6.61 Å². The van der Waals surface area contributed by atoms with Crippen LogP contribution in [0.3, 0.4) is 0 Å². The van der Waals surface area contributed by atoms with Crippen molar-refractivity contribution in [2.24, 2.45) is 0 Å². The molecule has 0 atom stereocenters. The zero-order valence-corrected chi connectivity index (χ0v) is 17.6. The maximum atomic E-state index is 11.8. The highest BCUT2D eigenvalue weighted by atomic mass is 79.9. The van der Waals surface area contributed by atoms with Crippen LogP contribution < -0.4 is 20.9 Å². The minimum Gasteiger partial charge on any atom is -0.483 e. The Balaban J connectivity index is 2.19. The molecule has 6 nitrogen and oxygen atoms in total. The first-order valence-electron chi connectivity index (χ1n) is 8.70. The summed E-state index contributed by atoms with van der Waals surface area (Å²) in [5.74, 6) is 0.0702. The number of benzene rings is 1. The van der Waals surface area contributed by atoms with E-state index in [4.69, 9.17) is 17.0 Å². The first-order chi connectivity index (χ1) is 12.4. The number of halogens is 1. The molecule has 0 bridgehead atoms. The lowest BCUT2D eigenvalue weighted by Gasteiger charge is -2.12. The number of hydrogen-bond donors (Lipinski definition) is 3. The summed E-state index contributed by atoms with van der Waals surface area (Å²) >= 11 is 8.35. The maximum absolute atomic E-state index is 11.8. The van der Waals surface area contributed by atoms with Crippen LogP contribution in [0.1, 0.15) is 51.0 Å². The van der Waals surface area contributed by atoms with Crippen LogP contribution in [-0.4, -0.2) is 23.5 Å². The van der Waals surface area contributed by atoms with Gasteiger partial charge in [0.05, 0.1) is 0 Å². The number of aryl methyl sites for hydroxylation is 1. The zero-order chi connectivity index (χ0) is 19.4. The van der Waals surface area contributed by atoms with Crippen molar-refractivity contribution < 1.29 is 14.3 Å². The Morgan fingerprint density at radius 1 is 1.12 bits per heavy atom. The summed E-state index contributed by atoms with van der Waals surface area (Å²) in [6.07, 6.45) is 5.79. The van der Waals surface area contributed by atoms with Gasteiger partial charge in [0.1, 0.15) is 5.75 Å². The Labute approximate surface area is 168 Å². The van der Waals surface area contributed by atoms with Gasteiger partial charge in [0, 0.05) is 10.9 Å². The Bertz CT molecular complexity index is 626. The quantitative estimate of drug-likeness (QED) is 0.309. The van der Waals surface area contributed by atoms with Crippen LogP contribution in [0.5, 0.6) is 5.75 Å². The summed E-state index contributed by atoms with van der Waals surface area (Å²) < 4.78 is 6.39. The van der Waals surface area contributed by atoms with Gasteiger partial charge < -0.3 is 10.1 Å². The number of thiocarbonyl (C=S) groups is 1. The van der Waals surface area contributed by atoms with Crippen LogP contribution >= 0.6 is 28.1 Å². The Morgan fingerprint density at radius 3 is 2.54 bits per heavy atom. The summed E-state index contributed by atoms with van der Waals surface area (Å²) in [7, 11) is 0. The van der Waals surface area contributed by atoms with Crippen molar-refractivity contribution in [1.29, 1.82) is 0 Å². The number of hydrazine groups is 1. The molecular formula is C18H26BrN3O3S. The van der Waals surface area contributed by atoms with Crippen LogP contribution in [0.4, 0.5) is 0 Å². The van der Waals surface area contributed by atoms with Crippen molar-refractivity contribution >= 4 is 45.1 Å². The monoisotopic (exact) mass is 443 g/mol. The number of carbonyl (C=O) groups excluding carboxylic acids is 2. The van der Waals surface area contributed by atoms with Crippen molar-refractivity contribution in [3.8, 4) is 5.75 Å². The second-order valence-electron chi connectivity index (χ2n) is 5.91. The highest BCUT2D eigenvalue weighted by Crippen LogP contribution is 2.21. The van der Waals surface area contributed by atoms with E-state index in [1.54, 1.807) is 6.07 Å². The van der Waals surface area contributed by atoms with Gasteiger partial charge in [-0.3, -0.25) is 20.4 Å². The molecule has 0 aliphatic carbocycles. The first-order valence-corrected chi connectivity index (χ1v) is 9.90. The molecule has 1 aromatic carbocycles. The van der Waals surface area contributed by atoms with E-state index in [1.165, 1.54) is 12.8 Å². The summed E-state index contributed by atoms with van der Waals surface area (Å²) in [5, 5.41) is 2.60. The van der Waals surface area contributed by atoms with Gasteiger partial charge in [-0.1, -0.05) is 48.5 Å². The molecule has 0 saturated heterocycles. The lowest BCUT2D eigenvalue weighted by Crippen LogP contribution is -2.49. The normalized spacial score (nSPS) is 10.1. The number of hydrogen-bond acceptors (Lipinski definition) is 4. The van der Waals surface area contributed by atoms with Gasteiger partial charge in [-0.25, -0.2) is 0 Å². The summed E-state index contributed by atoms with van der Waals surface area (Å²) in [5.41, 5.74) is 5.81. The molecule has 1 rings (SSSR count). The first kappa shape index (κ1) is 22.4. The fourth-order valence-electron chi connectivity index (χ4n) is 2.19. The van der Waals surface area contributed by atoms with Crippen molar-refractivity contribution in [2.45, 2.75) is 52.4 Å². The zero-order valence-electron chi connectivity index (χ0n) is 15.2. The number of nitrogens with one attached hydrogen (secondary N) is 3. The number of unbranched alkanes of at least 4 members (excludes halogenated alkanes) is 4. The minimum atomic E-state index is -0.400. The molecule has 3 N–H and O–H groups in total. The Hall–Kier alpha value is -1.67. The molecule has 26 heavy (non-hydrogen) atoms. The second kappa shape index (κ2) is 12.6. The van der Waals surface area contributed by atoms with Crippen molar-refractivity contribution in [1.82, 2.24) is 16.2 Å². The summed E-state index contributed by atoms with van der Waals surface area (Å²) in [6, 6.07) is 5.52. The molecule has 0 aliphatic rings. The standard InChI is InChI=1S/C18H26BrN3O3S/c1-3-4-5-6-7-8-16(23)20-18(26)22-21-17(24)12-25-15-10-9-14(19)11-13(15)2/h9-11H,3-8,12H2,1-2H3,(H,21,24)(H2,20,22,23,26). The smallest absolute Gasteiger partial charge is 0.276 e. The Morgan fingerprint density at radius 2 is 1.85 bits per heavy atom. The highest BCUT2D eigenvalue weighted by molar-refractivity contribution is 9.10.